The molecule has 8 heteroatoms. The minimum Gasteiger partial charge on any atom is -0.324 e. The van der Waals surface area contributed by atoms with Crippen molar-refractivity contribution in [2.45, 2.75) is 25.2 Å². The van der Waals surface area contributed by atoms with E-state index in [9.17, 15) is 17.6 Å². The molecular weight excluding hydrogens is 393 g/mol. The lowest BCUT2D eigenvalue weighted by Crippen LogP contribution is -2.49. The predicted molar refractivity (Wildman–Crippen MR) is 111 cm³/mol. The monoisotopic (exact) mass is 419 g/mol. The normalized spacial score (nSPS) is 16.0. The molecule has 3 rings (SSSR count). The summed E-state index contributed by atoms with van der Waals surface area (Å²) in [6.07, 6.45) is 0.220. The summed E-state index contributed by atoms with van der Waals surface area (Å²) in [6.45, 7) is 6.11. The molecule has 1 amide bonds. The van der Waals surface area contributed by atoms with Gasteiger partial charge in [-0.25, -0.2) is 12.8 Å². The van der Waals surface area contributed by atoms with Gasteiger partial charge < -0.3 is 10.2 Å². The number of carbonyl (C=O) groups excluding carboxylic acids is 1. The Labute approximate surface area is 171 Å². The summed E-state index contributed by atoms with van der Waals surface area (Å²) < 4.78 is 41.0. The van der Waals surface area contributed by atoms with Gasteiger partial charge in [0.25, 0.3) is 0 Å². The number of benzene rings is 2. The summed E-state index contributed by atoms with van der Waals surface area (Å²) in [7, 11) is -3.52. The molecule has 1 aliphatic rings. The largest absolute Gasteiger partial charge is 0.324 e. The molecule has 0 unspecified atom stereocenters. The van der Waals surface area contributed by atoms with Crippen molar-refractivity contribution in [3.8, 4) is 0 Å². The average molecular weight is 420 g/mol. The quantitative estimate of drug-likeness (QED) is 0.782. The number of hydrogen-bond donors (Lipinski definition) is 1. The SMILES string of the molecule is Cc1ccc(S(=O)(=O)N2CCN(CCC(=O)Nc3ccccc3F)CC2)c(C)c1. The van der Waals surface area contributed by atoms with Crippen LogP contribution in [0.25, 0.3) is 0 Å². The highest BCUT2D eigenvalue weighted by molar-refractivity contribution is 7.89. The molecule has 156 valence electrons. The number of carbonyl (C=O) groups is 1. The zero-order valence-corrected chi connectivity index (χ0v) is 17.5. The second kappa shape index (κ2) is 9.02. The third kappa shape index (κ3) is 5.20. The second-order valence-electron chi connectivity index (χ2n) is 7.29. The van der Waals surface area contributed by atoms with E-state index < -0.39 is 15.8 Å². The van der Waals surface area contributed by atoms with Crippen LogP contribution in [0.3, 0.4) is 0 Å². The van der Waals surface area contributed by atoms with Gasteiger partial charge in [-0.2, -0.15) is 4.31 Å². The summed E-state index contributed by atoms with van der Waals surface area (Å²) >= 11 is 0. The molecule has 29 heavy (non-hydrogen) atoms. The molecule has 0 atom stereocenters. The number of aryl methyl sites for hydroxylation is 2. The number of para-hydroxylation sites is 1. The van der Waals surface area contributed by atoms with Gasteiger partial charge in [-0.1, -0.05) is 29.8 Å². The lowest BCUT2D eigenvalue weighted by Gasteiger charge is -2.34. The number of halogens is 1. The van der Waals surface area contributed by atoms with E-state index in [1.807, 2.05) is 26.0 Å². The van der Waals surface area contributed by atoms with Gasteiger partial charge >= 0.3 is 0 Å². The van der Waals surface area contributed by atoms with E-state index in [1.54, 1.807) is 18.2 Å². The second-order valence-corrected chi connectivity index (χ2v) is 9.20. The third-order valence-electron chi connectivity index (χ3n) is 5.08. The maximum absolute atomic E-state index is 13.6. The van der Waals surface area contributed by atoms with Gasteiger partial charge in [0.15, 0.2) is 0 Å². The Balaban J connectivity index is 1.51. The summed E-state index contributed by atoms with van der Waals surface area (Å²) in [5.41, 5.74) is 1.94. The van der Waals surface area contributed by atoms with Crippen LogP contribution >= 0.6 is 0 Å². The van der Waals surface area contributed by atoms with Crippen LogP contribution in [0.1, 0.15) is 17.5 Å². The number of nitrogens with one attached hydrogen (secondary N) is 1. The molecule has 1 N–H and O–H groups in total. The van der Waals surface area contributed by atoms with E-state index in [0.717, 1.165) is 11.1 Å². The standard InChI is InChI=1S/C21H26FN3O3S/c1-16-7-8-20(17(2)15-16)29(27,28)25-13-11-24(12-14-25)10-9-21(26)23-19-6-4-3-5-18(19)22/h3-8,15H,9-14H2,1-2H3,(H,23,26). The van der Waals surface area contributed by atoms with Crippen molar-refractivity contribution in [2.75, 3.05) is 38.0 Å². The first kappa shape index (κ1) is 21.4. The van der Waals surface area contributed by atoms with Gasteiger partial charge in [0.2, 0.25) is 15.9 Å². The smallest absolute Gasteiger partial charge is 0.243 e. The van der Waals surface area contributed by atoms with E-state index >= 15 is 0 Å². The molecule has 1 saturated heterocycles. The molecule has 6 nitrogen and oxygen atoms in total. The Morgan fingerprint density at radius 1 is 1.07 bits per heavy atom. The Bertz CT molecular complexity index is 986. The third-order valence-corrected chi connectivity index (χ3v) is 7.14. The first-order valence-electron chi connectivity index (χ1n) is 9.61. The van der Waals surface area contributed by atoms with Crippen molar-refractivity contribution in [1.82, 2.24) is 9.21 Å². The van der Waals surface area contributed by atoms with E-state index in [0.29, 0.717) is 37.6 Å². The van der Waals surface area contributed by atoms with Crippen molar-refractivity contribution in [2.24, 2.45) is 0 Å². The van der Waals surface area contributed by atoms with Crippen LogP contribution in [-0.4, -0.2) is 56.3 Å². The fraction of sp³-hybridized carbons (Fsp3) is 0.381. The van der Waals surface area contributed by atoms with Crippen LogP contribution in [0.5, 0.6) is 0 Å². The number of sulfonamides is 1. The molecule has 1 aliphatic heterocycles. The number of rotatable bonds is 6. The highest BCUT2D eigenvalue weighted by Crippen LogP contribution is 2.22. The van der Waals surface area contributed by atoms with Crippen molar-refractivity contribution in [1.29, 1.82) is 0 Å². The maximum Gasteiger partial charge on any atom is 0.243 e. The lowest BCUT2D eigenvalue weighted by molar-refractivity contribution is -0.116. The van der Waals surface area contributed by atoms with E-state index in [4.69, 9.17) is 0 Å². The van der Waals surface area contributed by atoms with Crippen molar-refractivity contribution < 1.29 is 17.6 Å². The number of amides is 1. The van der Waals surface area contributed by atoms with Gasteiger partial charge in [0.1, 0.15) is 5.82 Å². The molecule has 0 radical (unpaired) electrons. The minimum absolute atomic E-state index is 0.168. The van der Waals surface area contributed by atoms with Gasteiger partial charge in [-0.05, 0) is 37.6 Å². The van der Waals surface area contributed by atoms with Crippen LogP contribution in [-0.2, 0) is 14.8 Å². The van der Waals surface area contributed by atoms with Crippen LogP contribution in [0.4, 0.5) is 10.1 Å². The molecule has 1 fully saturated rings. The number of hydrogen-bond acceptors (Lipinski definition) is 4. The number of piperazine rings is 1. The zero-order chi connectivity index (χ0) is 21.0. The molecule has 0 bridgehead atoms. The topological polar surface area (TPSA) is 69.7 Å². The fourth-order valence-electron chi connectivity index (χ4n) is 3.46. The molecular formula is C21H26FN3O3S. The fourth-order valence-corrected chi connectivity index (χ4v) is 5.08. The Hall–Kier alpha value is -2.29. The van der Waals surface area contributed by atoms with Crippen molar-refractivity contribution in [3.05, 3.63) is 59.4 Å². The highest BCUT2D eigenvalue weighted by atomic mass is 32.2. The zero-order valence-electron chi connectivity index (χ0n) is 16.7. The molecule has 0 aliphatic carbocycles. The molecule has 1 heterocycles. The van der Waals surface area contributed by atoms with Crippen LogP contribution in [0.2, 0.25) is 0 Å². The molecule has 0 saturated carbocycles. The van der Waals surface area contributed by atoms with Gasteiger partial charge in [0.05, 0.1) is 10.6 Å². The van der Waals surface area contributed by atoms with Gasteiger partial charge in [-0.3, -0.25) is 4.79 Å². The first-order valence-corrected chi connectivity index (χ1v) is 11.1. The van der Waals surface area contributed by atoms with E-state index in [-0.39, 0.29) is 18.0 Å². The Morgan fingerprint density at radius 3 is 2.41 bits per heavy atom. The van der Waals surface area contributed by atoms with Crippen molar-refractivity contribution >= 4 is 21.6 Å². The minimum atomic E-state index is -3.52. The molecule has 2 aromatic carbocycles. The Kier molecular flexibility index (Phi) is 6.66. The van der Waals surface area contributed by atoms with Crippen LogP contribution in [0, 0.1) is 19.7 Å². The summed E-state index contributed by atoms with van der Waals surface area (Å²) in [5, 5.41) is 2.57. The van der Waals surface area contributed by atoms with E-state index in [2.05, 4.69) is 10.2 Å². The predicted octanol–water partition coefficient (Wildman–Crippen LogP) is 2.78. The highest BCUT2D eigenvalue weighted by Gasteiger charge is 2.29. The Morgan fingerprint density at radius 2 is 1.76 bits per heavy atom. The van der Waals surface area contributed by atoms with Gasteiger partial charge in [-0.15, -0.1) is 0 Å². The molecule has 0 aromatic heterocycles. The first-order chi connectivity index (χ1) is 13.8. The summed E-state index contributed by atoms with van der Waals surface area (Å²) in [4.78, 5) is 14.5. The van der Waals surface area contributed by atoms with Crippen LogP contribution < -0.4 is 5.32 Å². The number of anilines is 1. The van der Waals surface area contributed by atoms with E-state index in [1.165, 1.54) is 16.4 Å². The maximum atomic E-state index is 13.6. The molecule has 0 spiro atoms. The molecule has 2 aromatic rings. The number of nitrogens with zero attached hydrogens (tertiary/aromatic N) is 2. The lowest BCUT2D eigenvalue weighted by atomic mass is 10.2. The summed E-state index contributed by atoms with van der Waals surface area (Å²) in [6, 6.07) is 11.4. The summed E-state index contributed by atoms with van der Waals surface area (Å²) in [5.74, 6) is -0.730. The van der Waals surface area contributed by atoms with Crippen molar-refractivity contribution in [3.63, 3.8) is 0 Å². The van der Waals surface area contributed by atoms with Crippen LogP contribution in [0.15, 0.2) is 47.4 Å². The van der Waals surface area contributed by atoms with Gasteiger partial charge in [0, 0.05) is 39.1 Å². The average Bonchev–Trinajstić information content (AvgIpc) is 2.68.